The molecule has 0 aliphatic carbocycles. The van der Waals surface area contributed by atoms with Gasteiger partial charge in [0.15, 0.2) is 11.5 Å². The van der Waals surface area contributed by atoms with Gasteiger partial charge >= 0.3 is 6.03 Å². The molecule has 1 N–H and O–H groups in total. The minimum Gasteiger partial charge on any atom is -0.454 e. The summed E-state index contributed by atoms with van der Waals surface area (Å²) in [7, 11) is 0. The van der Waals surface area contributed by atoms with E-state index in [0.717, 1.165) is 6.42 Å². The third kappa shape index (κ3) is 1.71. The number of imide groups is 1. The summed E-state index contributed by atoms with van der Waals surface area (Å²) >= 11 is 0. The van der Waals surface area contributed by atoms with E-state index in [0.29, 0.717) is 23.6 Å². The number of urea groups is 1. The van der Waals surface area contributed by atoms with Crippen LogP contribution in [0.5, 0.6) is 11.5 Å². The van der Waals surface area contributed by atoms with E-state index in [1.54, 1.807) is 25.1 Å². The van der Waals surface area contributed by atoms with Crippen molar-refractivity contribution < 1.29 is 19.1 Å². The van der Waals surface area contributed by atoms with Crippen LogP contribution in [0.2, 0.25) is 0 Å². The molecule has 0 bridgehead atoms. The first kappa shape index (κ1) is 12.8. The smallest absolute Gasteiger partial charge is 0.325 e. The van der Waals surface area contributed by atoms with Gasteiger partial charge in [-0.25, -0.2) is 4.79 Å². The van der Waals surface area contributed by atoms with Crippen molar-refractivity contribution in [1.82, 2.24) is 10.2 Å². The molecule has 1 saturated heterocycles. The molecule has 2 heterocycles. The highest BCUT2D eigenvalue weighted by Crippen LogP contribution is 2.37. The molecule has 0 radical (unpaired) electrons. The molecule has 0 saturated carbocycles. The maximum Gasteiger partial charge on any atom is 0.325 e. The van der Waals surface area contributed by atoms with Crippen LogP contribution in [0.15, 0.2) is 18.2 Å². The van der Waals surface area contributed by atoms with Crippen molar-refractivity contribution in [2.75, 3.05) is 13.3 Å². The molecule has 1 atom stereocenters. The molecule has 1 aromatic carbocycles. The number of nitrogens with zero attached hydrogens (tertiary/aromatic N) is 1. The monoisotopic (exact) mass is 276 g/mol. The van der Waals surface area contributed by atoms with Crippen LogP contribution < -0.4 is 14.8 Å². The number of nitrogens with one attached hydrogen (secondary N) is 1. The van der Waals surface area contributed by atoms with Gasteiger partial charge in [0, 0.05) is 6.54 Å². The summed E-state index contributed by atoms with van der Waals surface area (Å²) in [6.07, 6.45) is 0.733. The summed E-state index contributed by atoms with van der Waals surface area (Å²) in [5, 5.41) is 2.76. The number of amides is 3. The Balaban J connectivity index is 1.97. The largest absolute Gasteiger partial charge is 0.454 e. The molecule has 1 aromatic rings. The van der Waals surface area contributed by atoms with E-state index in [1.165, 1.54) is 4.90 Å². The zero-order chi connectivity index (χ0) is 14.3. The number of rotatable bonds is 3. The molecular weight excluding hydrogens is 260 g/mol. The minimum absolute atomic E-state index is 0.178. The zero-order valence-corrected chi connectivity index (χ0v) is 11.4. The average molecular weight is 276 g/mol. The number of carbonyl (C=O) groups is 2. The third-order valence-corrected chi connectivity index (χ3v) is 3.67. The van der Waals surface area contributed by atoms with Crippen LogP contribution in [0.1, 0.15) is 25.8 Å². The van der Waals surface area contributed by atoms with Crippen molar-refractivity contribution in [2.45, 2.75) is 25.8 Å². The molecular formula is C14H16N2O4. The normalized spacial score (nSPS) is 24.2. The predicted octanol–water partition coefficient (Wildman–Crippen LogP) is 1.59. The maximum atomic E-state index is 12.5. The number of fused-ring (bicyclic) bond motifs is 1. The van der Waals surface area contributed by atoms with E-state index >= 15 is 0 Å². The number of benzene rings is 1. The van der Waals surface area contributed by atoms with Crippen LogP contribution in [-0.2, 0) is 10.3 Å². The Morgan fingerprint density at radius 2 is 2.05 bits per heavy atom. The van der Waals surface area contributed by atoms with E-state index in [1.807, 2.05) is 6.92 Å². The fourth-order valence-corrected chi connectivity index (χ4v) is 2.53. The lowest BCUT2D eigenvalue weighted by Gasteiger charge is -2.22. The van der Waals surface area contributed by atoms with Crippen LogP contribution in [0, 0.1) is 0 Å². The molecule has 6 nitrogen and oxygen atoms in total. The molecule has 3 amide bonds. The summed E-state index contributed by atoms with van der Waals surface area (Å²) in [5.74, 6) is 1.02. The summed E-state index contributed by atoms with van der Waals surface area (Å²) in [6.45, 7) is 4.24. The van der Waals surface area contributed by atoms with Crippen molar-refractivity contribution in [3.63, 3.8) is 0 Å². The summed E-state index contributed by atoms with van der Waals surface area (Å²) in [4.78, 5) is 25.7. The number of hydrogen-bond acceptors (Lipinski definition) is 4. The quantitative estimate of drug-likeness (QED) is 0.851. The lowest BCUT2D eigenvalue weighted by Crippen LogP contribution is -2.40. The average Bonchev–Trinajstić information content (AvgIpc) is 2.97. The standard InChI is InChI=1S/C14H16N2O4/c1-3-6-16-12(17)14(2,15-13(16)18)9-4-5-10-11(7-9)20-8-19-10/h4-5,7H,3,6,8H2,1-2H3,(H,15,18)/t14-/m1/s1. The third-order valence-electron chi connectivity index (χ3n) is 3.67. The summed E-state index contributed by atoms with van der Waals surface area (Å²) in [6, 6.07) is 4.93. The Hall–Kier alpha value is -2.24. The molecule has 20 heavy (non-hydrogen) atoms. The first-order chi connectivity index (χ1) is 9.56. The van der Waals surface area contributed by atoms with Crippen LogP contribution >= 0.6 is 0 Å². The van der Waals surface area contributed by atoms with Gasteiger partial charge in [0.25, 0.3) is 5.91 Å². The Morgan fingerprint density at radius 1 is 1.30 bits per heavy atom. The number of hydrogen-bond donors (Lipinski definition) is 1. The van der Waals surface area contributed by atoms with Gasteiger partial charge in [-0.3, -0.25) is 9.69 Å². The second-order valence-corrected chi connectivity index (χ2v) is 5.08. The summed E-state index contributed by atoms with van der Waals surface area (Å²) < 4.78 is 10.6. The first-order valence-electron chi connectivity index (χ1n) is 6.60. The molecule has 0 aromatic heterocycles. The van der Waals surface area contributed by atoms with Crippen LogP contribution in [-0.4, -0.2) is 30.2 Å². The molecule has 2 aliphatic heterocycles. The lowest BCUT2D eigenvalue weighted by atomic mass is 9.91. The van der Waals surface area contributed by atoms with Crippen molar-refractivity contribution in [3.8, 4) is 11.5 Å². The molecule has 0 unspecified atom stereocenters. The van der Waals surface area contributed by atoms with Gasteiger partial charge in [-0.15, -0.1) is 0 Å². The predicted molar refractivity (Wildman–Crippen MR) is 70.5 cm³/mol. The van der Waals surface area contributed by atoms with Gasteiger partial charge in [0.05, 0.1) is 0 Å². The Labute approximate surface area is 116 Å². The van der Waals surface area contributed by atoms with Crippen molar-refractivity contribution in [3.05, 3.63) is 23.8 Å². The van der Waals surface area contributed by atoms with E-state index < -0.39 is 5.54 Å². The van der Waals surface area contributed by atoms with E-state index in [4.69, 9.17) is 9.47 Å². The Kier molecular flexibility index (Phi) is 2.81. The van der Waals surface area contributed by atoms with Crippen LogP contribution in [0.4, 0.5) is 4.79 Å². The van der Waals surface area contributed by atoms with Crippen molar-refractivity contribution >= 4 is 11.9 Å². The highest BCUT2D eigenvalue weighted by atomic mass is 16.7. The van der Waals surface area contributed by atoms with E-state index in [9.17, 15) is 9.59 Å². The van der Waals surface area contributed by atoms with Gasteiger partial charge in [-0.1, -0.05) is 13.0 Å². The van der Waals surface area contributed by atoms with Crippen molar-refractivity contribution in [1.29, 1.82) is 0 Å². The minimum atomic E-state index is -1.05. The molecule has 6 heteroatoms. The van der Waals surface area contributed by atoms with Gasteiger partial charge in [-0.05, 0) is 31.0 Å². The van der Waals surface area contributed by atoms with E-state index in [-0.39, 0.29) is 18.7 Å². The highest BCUT2D eigenvalue weighted by Gasteiger charge is 2.48. The molecule has 0 spiro atoms. The molecule has 3 rings (SSSR count). The van der Waals surface area contributed by atoms with Gasteiger partial charge in [-0.2, -0.15) is 0 Å². The highest BCUT2D eigenvalue weighted by molar-refractivity contribution is 6.07. The zero-order valence-electron chi connectivity index (χ0n) is 11.4. The number of carbonyl (C=O) groups excluding carboxylic acids is 2. The van der Waals surface area contributed by atoms with Gasteiger partial charge < -0.3 is 14.8 Å². The van der Waals surface area contributed by atoms with Crippen molar-refractivity contribution in [2.24, 2.45) is 0 Å². The van der Waals surface area contributed by atoms with Crippen LogP contribution in [0.25, 0.3) is 0 Å². The molecule has 106 valence electrons. The number of ether oxygens (including phenoxy) is 2. The Morgan fingerprint density at radius 3 is 2.80 bits per heavy atom. The fraction of sp³-hybridized carbons (Fsp3) is 0.429. The second-order valence-electron chi connectivity index (χ2n) is 5.08. The topological polar surface area (TPSA) is 67.9 Å². The molecule has 2 aliphatic rings. The van der Waals surface area contributed by atoms with Crippen LogP contribution in [0.3, 0.4) is 0 Å². The second kappa shape index (κ2) is 4.40. The summed E-state index contributed by atoms with van der Waals surface area (Å²) in [5.41, 5.74) is -0.355. The Bertz CT molecular complexity index is 587. The molecule has 1 fully saturated rings. The maximum absolute atomic E-state index is 12.5. The van der Waals surface area contributed by atoms with Gasteiger partial charge in [0.1, 0.15) is 5.54 Å². The van der Waals surface area contributed by atoms with E-state index in [2.05, 4.69) is 5.32 Å². The lowest BCUT2D eigenvalue weighted by molar-refractivity contribution is -0.131. The first-order valence-corrected chi connectivity index (χ1v) is 6.60. The van der Waals surface area contributed by atoms with Gasteiger partial charge in [0.2, 0.25) is 6.79 Å². The SMILES string of the molecule is CCCN1C(=O)N[C@](C)(c2ccc3c(c2)OCO3)C1=O. The fourth-order valence-electron chi connectivity index (χ4n) is 2.53.